The van der Waals surface area contributed by atoms with Crippen LogP contribution in [0.2, 0.25) is 0 Å². The fourth-order valence-electron chi connectivity index (χ4n) is 3.17. The maximum absolute atomic E-state index is 12.6. The smallest absolute Gasteiger partial charge is 0.481 e. The third-order valence-corrected chi connectivity index (χ3v) is 5.53. The molecule has 0 aliphatic carbocycles. The molecule has 2 unspecified atom stereocenters. The summed E-state index contributed by atoms with van der Waals surface area (Å²) in [4.78, 5) is 10.6. The zero-order valence-electron chi connectivity index (χ0n) is 9.93. The van der Waals surface area contributed by atoms with Crippen molar-refractivity contribution in [3.63, 3.8) is 0 Å². The van der Waals surface area contributed by atoms with Crippen molar-refractivity contribution in [1.29, 1.82) is 0 Å². The van der Waals surface area contributed by atoms with Gasteiger partial charge in [0, 0.05) is 18.5 Å². The van der Waals surface area contributed by atoms with Crippen molar-refractivity contribution in [2.24, 2.45) is 5.92 Å². The SMILES string of the molecule is O=C(O)CC1CC2CCC(C1)N2S(=O)(=O)C(F)(F)F. The quantitative estimate of drug-likeness (QED) is 0.858. The van der Waals surface area contributed by atoms with E-state index in [-0.39, 0.29) is 25.2 Å². The monoisotopic (exact) mass is 301 g/mol. The van der Waals surface area contributed by atoms with Crippen molar-refractivity contribution in [2.45, 2.75) is 49.7 Å². The summed E-state index contributed by atoms with van der Waals surface area (Å²) in [5, 5.41) is 8.70. The Balaban J connectivity index is 2.18. The lowest BCUT2D eigenvalue weighted by molar-refractivity contribution is -0.138. The minimum atomic E-state index is -5.30. The lowest BCUT2D eigenvalue weighted by atomic mass is 9.90. The van der Waals surface area contributed by atoms with Gasteiger partial charge in [0.2, 0.25) is 0 Å². The Kier molecular flexibility index (Phi) is 3.54. The number of rotatable bonds is 3. The Morgan fingerprint density at radius 2 is 1.68 bits per heavy atom. The van der Waals surface area contributed by atoms with Crippen LogP contribution < -0.4 is 0 Å². The van der Waals surface area contributed by atoms with Crippen LogP contribution in [-0.2, 0) is 14.8 Å². The molecule has 0 saturated carbocycles. The largest absolute Gasteiger partial charge is 0.511 e. The third-order valence-electron chi connectivity index (χ3n) is 3.80. The number of carboxylic acid groups (broad SMARTS) is 1. The highest BCUT2D eigenvalue weighted by Gasteiger charge is 2.57. The first-order valence-corrected chi connectivity index (χ1v) is 7.38. The lowest BCUT2D eigenvalue weighted by Crippen LogP contribution is -2.51. The van der Waals surface area contributed by atoms with Gasteiger partial charge in [-0.1, -0.05) is 0 Å². The van der Waals surface area contributed by atoms with Gasteiger partial charge in [-0.25, -0.2) is 8.42 Å². The highest BCUT2D eigenvalue weighted by molar-refractivity contribution is 7.90. The number of piperidine rings is 1. The summed E-state index contributed by atoms with van der Waals surface area (Å²) in [6, 6.07) is -1.43. The number of hydrogen-bond donors (Lipinski definition) is 1. The number of carboxylic acids is 1. The first-order valence-electron chi connectivity index (χ1n) is 5.94. The second-order valence-electron chi connectivity index (χ2n) is 5.10. The van der Waals surface area contributed by atoms with Crippen molar-refractivity contribution in [3.05, 3.63) is 0 Å². The Morgan fingerprint density at radius 1 is 1.21 bits per heavy atom. The molecule has 2 heterocycles. The van der Waals surface area contributed by atoms with Crippen LogP contribution in [0.15, 0.2) is 0 Å². The average molecular weight is 301 g/mol. The van der Waals surface area contributed by atoms with Gasteiger partial charge in [-0.2, -0.15) is 17.5 Å². The van der Waals surface area contributed by atoms with Crippen LogP contribution in [0.25, 0.3) is 0 Å². The minimum Gasteiger partial charge on any atom is -0.481 e. The first-order chi connectivity index (χ1) is 8.63. The standard InChI is InChI=1S/C10H14F3NO4S/c11-10(12,13)19(17,18)14-7-1-2-8(14)4-6(3-7)5-9(15)16/h6-8H,1-5H2,(H,15,16). The van der Waals surface area contributed by atoms with Crippen LogP contribution in [0, 0.1) is 5.92 Å². The molecule has 1 N–H and O–H groups in total. The molecule has 0 aromatic carbocycles. The topological polar surface area (TPSA) is 74.7 Å². The van der Waals surface area contributed by atoms with E-state index in [2.05, 4.69) is 0 Å². The number of hydrogen-bond acceptors (Lipinski definition) is 3. The van der Waals surface area contributed by atoms with Crippen LogP contribution >= 0.6 is 0 Å². The van der Waals surface area contributed by atoms with E-state index in [1.807, 2.05) is 0 Å². The van der Waals surface area contributed by atoms with Crippen molar-refractivity contribution in [3.8, 4) is 0 Å². The summed E-state index contributed by atoms with van der Waals surface area (Å²) in [6.07, 6.45) is 1.01. The van der Waals surface area contributed by atoms with E-state index in [0.29, 0.717) is 17.1 Å². The molecule has 5 nitrogen and oxygen atoms in total. The molecule has 0 spiro atoms. The van der Waals surface area contributed by atoms with Gasteiger partial charge in [0.15, 0.2) is 0 Å². The van der Waals surface area contributed by atoms with Crippen LogP contribution in [-0.4, -0.2) is 41.4 Å². The van der Waals surface area contributed by atoms with Crippen LogP contribution in [0.3, 0.4) is 0 Å². The summed E-state index contributed by atoms with van der Waals surface area (Å²) in [6.45, 7) is 0. The zero-order valence-corrected chi connectivity index (χ0v) is 10.7. The van der Waals surface area contributed by atoms with E-state index in [1.54, 1.807) is 0 Å². The molecular weight excluding hydrogens is 287 g/mol. The van der Waals surface area contributed by atoms with E-state index in [0.717, 1.165) is 0 Å². The van der Waals surface area contributed by atoms with Gasteiger partial charge in [-0.3, -0.25) is 4.79 Å². The molecule has 19 heavy (non-hydrogen) atoms. The Morgan fingerprint density at radius 3 is 2.05 bits per heavy atom. The highest BCUT2D eigenvalue weighted by atomic mass is 32.2. The predicted molar refractivity (Wildman–Crippen MR) is 58.6 cm³/mol. The normalized spacial score (nSPS) is 32.5. The molecule has 2 fully saturated rings. The van der Waals surface area contributed by atoms with Gasteiger partial charge >= 0.3 is 21.5 Å². The van der Waals surface area contributed by atoms with E-state index < -0.39 is 33.6 Å². The molecule has 0 amide bonds. The molecule has 0 aromatic rings. The average Bonchev–Trinajstić information content (AvgIpc) is 2.49. The van der Waals surface area contributed by atoms with E-state index in [4.69, 9.17) is 5.11 Å². The summed E-state index contributed by atoms with van der Waals surface area (Å²) >= 11 is 0. The summed E-state index contributed by atoms with van der Waals surface area (Å²) in [5.74, 6) is -1.24. The fourth-order valence-corrected chi connectivity index (χ4v) is 4.58. The predicted octanol–water partition coefficient (Wildman–Crippen LogP) is 1.55. The Bertz CT molecular complexity index is 462. The van der Waals surface area contributed by atoms with Gasteiger partial charge in [0.1, 0.15) is 0 Å². The Labute approximate surface area is 108 Å². The first kappa shape index (κ1) is 14.6. The van der Waals surface area contributed by atoms with Gasteiger partial charge in [0.05, 0.1) is 0 Å². The molecule has 2 atom stereocenters. The van der Waals surface area contributed by atoms with Crippen molar-refractivity contribution >= 4 is 16.0 Å². The van der Waals surface area contributed by atoms with Gasteiger partial charge in [-0.05, 0) is 31.6 Å². The van der Waals surface area contributed by atoms with Gasteiger partial charge < -0.3 is 5.11 Å². The maximum Gasteiger partial charge on any atom is 0.511 e. The lowest BCUT2D eigenvalue weighted by Gasteiger charge is -2.37. The van der Waals surface area contributed by atoms with E-state index in [1.165, 1.54) is 0 Å². The van der Waals surface area contributed by atoms with Crippen molar-refractivity contribution in [2.75, 3.05) is 0 Å². The molecule has 110 valence electrons. The zero-order chi connectivity index (χ0) is 14.4. The number of carbonyl (C=O) groups is 1. The fraction of sp³-hybridized carbons (Fsp3) is 0.900. The van der Waals surface area contributed by atoms with E-state index >= 15 is 0 Å². The number of aliphatic carboxylic acids is 1. The summed E-state index contributed by atoms with van der Waals surface area (Å²) in [5.41, 5.74) is -5.28. The molecule has 2 aliphatic rings. The molecule has 2 bridgehead atoms. The minimum absolute atomic E-state index is 0.118. The number of sulfonamides is 1. The molecule has 2 rings (SSSR count). The van der Waals surface area contributed by atoms with Crippen molar-refractivity contribution in [1.82, 2.24) is 4.31 Å². The number of fused-ring (bicyclic) bond motifs is 2. The Hall–Kier alpha value is -0.830. The third kappa shape index (κ3) is 2.58. The molecule has 0 aromatic heterocycles. The second kappa shape index (κ2) is 4.62. The highest BCUT2D eigenvalue weighted by Crippen LogP contribution is 2.44. The molecule has 2 aliphatic heterocycles. The number of halogens is 3. The van der Waals surface area contributed by atoms with Crippen LogP contribution in [0.1, 0.15) is 32.1 Å². The van der Waals surface area contributed by atoms with Gasteiger partial charge in [0.25, 0.3) is 0 Å². The number of nitrogens with zero attached hydrogens (tertiary/aromatic N) is 1. The van der Waals surface area contributed by atoms with Gasteiger partial charge in [-0.15, -0.1) is 0 Å². The number of alkyl halides is 3. The summed E-state index contributed by atoms with van der Waals surface area (Å²) < 4.78 is 61.3. The molecule has 9 heteroatoms. The second-order valence-corrected chi connectivity index (χ2v) is 6.94. The molecule has 0 radical (unpaired) electrons. The van der Waals surface area contributed by atoms with Crippen molar-refractivity contribution < 1.29 is 31.5 Å². The molecule has 2 saturated heterocycles. The molecular formula is C10H14F3NO4S. The van der Waals surface area contributed by atoms with Crippen LogP contribution in [0.4, 0.5) is 13.2 Å². The summed E-state index contributed by atoms with van der Waals surface area (Å²) in [7, 11) is -5.30. The van der Waals surface area contributed by atoms with Crippen LogP contribution in [0.5, 0.6) is 0 Å². The van der Waals surface area contributed by atoms with E-state index in [9.17, 15) is 26.4 Å². The maximum atomic E-state index is 12.6.